The number of aromatic nitrogens is 2. The van der Waals surface area contributed by atoms with Crippen molar-refractivity contribution in [3.8, 4) is 0 Å². The highest BCUT2D eigenvalue weighted by Crippen LogP contribution is 2.41. The van der Waals surface area contributed by atoms with Crippen molar-refractivity contribution < 1.29 is 13.2 Å². The SMILES string of the molecule is CC1=C(C)CC2C(C1)C(=O)N(CCCCN1CCN(c3ncccn3)CC1)S2(=O)=O.Cl.Cl. The van der Waals surface area contributed by atoms with E-state index >= 15 is 0 Å². The van der Waals surface area contributed by atoms with Crippen LogP contribution in [0.2, 0.25) is 0 Å². The molecule has 3 aliphatic rings. The summed E-state index contributed by atoms with van der Waals surface area (Å²) in [6.07, 6.45) is 6.19. The van der Waals surface area contributed by atoms with Gasteiger partial charge >= 0.3 is 0 Å². The maximum atomic E-state index is 12.9. The summed E-state index contributed by atoms with van der Waals surface area (Å²) in [6, 6.07) is 1.82. The lowest BCUT2D eigenvalue weighted by Crippen LogP contribution is -2.47. The van der Waals surface area contributed by atoms with Crippen LogP contribution in [0, 0.1) is 5.92 Å². The number of sulfonamides is 1. The van der Waals surface area contributed by atoms with Crippen LogP contribution in [0.4, 0.5) is 5.95 Å². The Morgan fingerprint density at radius 1 is 0.938 bits per heavy atom. The maximum absolute atomic E-state index is 12.9. The average Bonchev–Trinajstić information content (AvgIpc) is 2.92. The number of nitrogens with zero attached hydrogens (tertiary/aromatic N) is 5. The summed E-state index contributed by atoms with van der Waals surface area (Å²) in [5.41, 5.74) is 2.29. The molecule has 0 radical (unpaired) electrons. The molecule has 2 unspecified atom stereocenters. The molecule has 2 fully saturated rings. The third kappa shape index (κ3) is 5.38. The summed E-state index contributed by atoms with van der Waals surface area (Å²) in [4.78, 5) is 26.0. The minimum Gasteiger partial charge on any atom is -0.338 e. The van der Waals surface area contributed by atoms with E-state index in [1.807, 2.05) is 19.9 Å². The van der Waals surface area contributed by atoms with Crippen LogP contribution >= 0.6 is 24.8 Å². The molecule has 2 atom stereocenters. The zero-order valence-electron chi connectivity index (χ0n) is 18.6. The topological polar surface area (TPSA) is 86.7 Å². The molecule has 1 amide bonds. The van der Waals surface area contributed by atoms with Gasteiger partial charge in [0.25, 0.3) is 0 Å². The van der Waals surface area contributed by atoms with Gasteiger partial charge < -0.3 is 4.90 Å². The molecule has 1 aliphatic carbocycles. The van der Waals surface area contributed by atoms with Crippen LogP contribution in [-0.2, 0) is 14.8 Å². The number of allylic oxidation sites excluding steroid dienone is 2. The van der Waals surface area contributed by atoms with E-state index in [2.05, 4.69) is 19.8 Å². The molecular formula is C21H33Cl2N5O3S. The predicted molar refractivity (Wildman–Crippen MR) is 130 cm³/mol. The molecule has 0 N–H and O–H groups in total. The zero-order chi connectivity index (χ0) is 21.3. The second-order valence-corrected chi connectivity index (χ2v) is 10.7. The fourth-order valence-electron chi connectivity index (χ4n) is 4.74. The molecule has 4 rings (SSSR count). The molecule has 0 spiro atoms. The number of anilines is 1. The second kappa shape index (κ2) is 11.1. The third-order valence-electron chi connectivity index (χ3n) is 6.76. The molecule has 8 nitrogen and oxygen atoms in total. The first-order chi connectivity index (χ1) is 14.4. The van der Waals surface area contributed by atoms with Gasteiger partial charge in [0.2, 0.25) is 21.9 Å². The summed E-state index contributed by atoms with van der Waals surface area (Å²) in [5, 5.41) is -0.554. The number of hydrogen-bond acceptors (Lipinski definition) is 7. The van der Waals surface area contributed by atoms with E-state index in [4.69, 9.17) is 0 Å². The van der Waals surface area contributed by atoms with Gasteiger partial charge in [-0.1, -0.05) is 11.1 Å². The van der Waals surface area contributed by atoms with Gasteiger partial charge in [0.1, 0.15) is 0 Å². The van der Waals surface area contributed by atoms with Crippen molar-refractivity contribution >= 4 is 46.7 Å². The first-order valence-electron chi connectivity index (χ1n) is 10.8. The number of fused-ring (bicyclic) bond motifs is 1. The van der Waals surface area contributed by atoms with Gasteiger partial charge in [-0.2, -0.15) is 0 Å². The quantitative estimate of drug-likeness (QED) is 0.433. The number of amides is 1. The highest BCUT2D eigenvalue weighted by Gasteiger charge is 2.53. The summed E-state index contributed by atoms with van der Waals surface area (Å²) < 4.78 is 27.0. The Hall–Kier alpha value is -1.42. The zero-order valence-corrected chi connectivity index (χ0v) is 21.1. The van der Waals surface area contributed by atoms with Crippen molar-refractivity contribution in [1.29, 1.82) is 0 Å². The number of hydrogen-bond donors (Lipinski definition) is 0. The fraction of sp³-hybridized carbons (Fsp3) is 0.667. The normalized spacial score (nSPS) is 25.2. The number of carbonyl (C=O) groups excluding carboxylic acids is 1. The Morgan fingerprint density at radius 3 is 2.19 bits per heavy atom. The highest BCUT2D eigenvalue weighted by atomic mass is 35.5. The van der Waals surface area contributed by atoms with Gasteiger partial charge in [0.05, 0.1) is 11.2 Å². The van der Waals surface area contributed by atoms with Gasteiger partial charge in [-0.05, 0) is 52.1 Å². The summed E-state index contributed by atoms with van der Waals surface area (Å²) >= 11 is 0. The van der Waals surface area contributed by atoms with Crippen molar-refractivity contribution in [2.24, 2.45) is 5.92 Å². The molecule has 0 aromatic carbocycles. The number of carbonyl (C=O) groups is 1. The largest absolute Gasteiger partial charge is 0.338 e. The third-order valence-corrected chi connectivity index (χ3v) is 8.99. The molecular weight excluding hydrogens is 473 g/mol. The molecule has 0 bridgehead atoms. The van der Waals surface area contributed by atoms with E-state index in [1.165, 1.54) is 9.88 Å². The number of halogens is 2. The van der Waals surface area contributed by atoms with Gasteiger partial charge in [-0.3, -0.25) is 9.69 Å². The fourth-order valence-corrected chi connectivity index (χ4v) is 6.93. The van der Waals surface area contributed by atoms with Crippen molar-refractivity contribution in [3.05, 3.63) is 29.6 Å². The molecule has 0 saturated carbocycles. The van der Waals surface area contributed by atoms with Crippen molar-refractivity contribution in [2.45, 2.75) is 44.8 Å². The maximum Gasteiger partial charge on any atom is 0.241 e. The molecule has 2 aliphatic heterocycles. The first kappa shape index (κ1) is 26.8. The number of rotatable bonds is 6. The lowest BCUT2D eigenvalue weighted by Gasteiger charge is -2.34. The Labute approximate surface area is 203 Å². The van der Waals surface area contributed by atoms with E-state index in [1.54, 1.807) is 12.4 Å². The van der Waals surface area contributed by atoms with E-state index in [0.717, 1.165) is 50.7 Å². The molecule has 2 saturated heterocycles. The summed E-state index contributed by atoms with van der Waals surface area (Å²) in [6.45, 7) is 8.87. The molecule has 180 valence electrons. The first-order valence-corrected chi connectivity index (χ1v) is 12.3. The van der Waals surface area contributed by atoms with Crippen molar-refractivity contribution in [2.75, 3.05) is 44.2 Å². The smallest absolute Gasteiger partial charge is 0.241 e. The Balaban J connectivity index is 0.00000181. The van der Waals surface area contributed by atoms with Crippen LogP contribution in [0.25, 0.3) is 0 Å². The van der Waals surface area contributed by atoms with E-state index < -0.39 is 15.3 Å². The minimum absolute atomic E-state index is 0. The number of piperazine rings is 1. The van der Waals surface area contributed by atoms with Crippen LogP contribution in [0.5, 0.6) is 0 Å². The van der Waals surface area contributed by atoms with Crippen molar-refractivity contribution in [3.63, 3.8) is 0 Å². The molecule has 1 aromatic heterocycles. The van der Waals surface area contributed by atoms with Crippen LogP contribution in [0.15, 0.2) is 29.6 Å². The van der Waals surface area contributed by atoms with Crippen LogP contribution in [-0.4, -0.2) is 78.0 Å². The predicted octanol–water partition coefficient (Wildman–Crippen LogP) is 2.51. The Morgan fingerprint density at radius 2 is 1.53 bits per heavy atom. The van der Waals surface area contributed by atoms with E-state index in [9.17, 15) is 13.2 Å². The van der Waals surface area contributed by atoms with Gasteiger partial charge in [0, 0.05) is 45.1 Å². The second-order valence-electron chi connectivity index (χ2n) is 8.65. The monoisotopic (exact) mass is 505 g/mol. The summed E-state index contributed by atoms with van der Waals surface area (Å²) in [5.74, 6) is 0.201. The Bertz CT molecular complexity index is 921. The van der Waals surface area contributed by atoms with Crippen LogP contribution in [0.1, 0.15) is 39.5 Å². The molecule has 32 heavy (non-hydrogen) atoms. The van der Waals surface area contributed by atoms with E-state index in [-0.39, 0.29) is 36.6 Å². The molecule has 11 heteroatoms. The van der Waals surface area contributed by atoms with E-state index in [0.29, 0.717) is 25.8 Å². The van der Waals surface area contributed by atoms with Gasteiger partial charge in [-0.15, -0.1) is 24.8 Å². The molecule has 1 aromatic rings. The molecule has 3 heterocycles. The average molecular weight is 507 g/mol. The van der Waals surface area contributed by atoms with Crippen LogP contribution in [0.3, 0.4) is 0 Å². The minimum atomic E-state index is -3.52. The number of unbranched alkanes of at least 4 members (excludes halogenated alkanes) is 1. The standard InChI is InChI=1S/C21H31N5O3S.2ClH/c1-16-14-18-19(15-17(16)2)30(28,29)26(20(18)27)9-4-3-8-24-10-12-25(13-11-24)21-22-6-5-7-23-21;;/h5-7,18-19H,3-4,8-15H2,1-2H3;2*1H. The lowest BCUT2D eigenvalue weighted by molar-refractivity contribution is -0.129. The summed E-state index contributed by atoms with van der Waals surface area (Å²) in [7, 11) is -3.52. The Kier molecular flexibility index (Phi) is 9.34. The van der Waals surface area contributed by atoms with Crippen LogP contribution < -0.4 is 4.90 Å². The van der Waals surface area contributed by atoms with Gasteiger partial charge in [-0.25, -0.2) is 22.7 Å². The lowest BCUT2D eigenvalue weighted by atomic mass is 9.84. The van der Waals surface area contributed by atoms with Crippen molar-refractivity contribution in [1.82, 2.24) is 19.2 Å². The van der Waals surface area contributed by atoms with Gasteiger partial charge in [0.15, 0.2) is 0 Å². The highest BCUT2D eigenvalue weighted by molar-refractivity contribution is 7.90.